The maximum atomic E-state index is 4.78. The lowest BCUT2D eigenvalue weighted by atomic mass is 10.3. The highest BCUT2D eigenvalue weighted by Crippen LogP contribution is 2.15. The fourth-order valence-corrected chi connectivity index (χ4v) is 3.64. The molecule has 0 fully saturated rings. The first-order chi connectivity index (χ1) is 13.1. The van der Waals surface area contributed by atoms with Crippen molar-refractivity contribution in [1.29, 1.82) is 0 Å². The van der Waals surface area contributed by atoms with E-state index in [1.165, 1.54) is 5.69 Å². The maximum Gasteiger partial charge on any atom is 0.194 e. The van der Waals surface area contributed by atoms with E-state index in [1.807, 2.05) is 18.2 Å². The molecule has 0 aliphatic rings. The maximum absolute atomic E-state index is 4.78. The number of halogens is 2. The first-order valence-electron chi connectivity index (χ1n) is 9.30. The molecule has 0 unspecified atom stereocenters. The summed E-state index contributed by atoms with van der Waals surface area (Å²) in [7, 11) is 4.13. The number of nitrogens with one attached hydrogen (secondary N) is 2. The van der Waals surface area contributed by atoms with Crippen LogP contribution in [0, 0.1) is 0 Å². The van der Waals surface area contributed by atoms with Gasteiger partial charge in [0.15, 0.2) is 5.96 Å². The first-order valence-corrected chi connectivity index (χ1v) is 10.1. The number of guanidine groups is 1. The number of aromatic amines is 1. The predicted molar refractivity (Wildman–Crippen MR) is 130 cm³/mol. The molecule has 0 aliphatic heterocycles. The lowest BCUT2D eigenvalue weighted by Crippen LogP contribution is -2.38. The van der Waals surface area contributed by atoms with Crippen LogP contribution in [0.3, 0.4) is 0 Å². The van der Waals surface area contributed by atoms with Gasteiger partial charge in [0.1, 0.15) is 5.82 Å². The molecule has 3 rings (SSSR count). The van der Waals surface area contributed by atoms with Gasteiger partial charge in [0.25, 0.3) is 0 Å². The Morgan fingerprint density at radius 3 is 2.82 bits per heavy atom. The Labute approximate surface area is 192 Å². The highest BCUT2D eigenvalue weighted by molar-refractivity contribution is 14.0. The molecule has 2 heterocycles. The number of rotatable bonds is 7. The number of fused-ring (bicyclic) bond motifs is 1. The SMILES string of the molecule is CCNC(=NCCCc1nc2ccccc2[nH]1)N(C)Cc1cc(Br)cn1C.I. The van der Waals surface area contributed by atoms with Crippen LogP contribution < -0.4 is 5.32 Å². The topological polar surface area (TPSA) is 61.2 Å². The zero-order chi connectivity index (χ0) is 19.2. The molecule has 2 aromatic heterocycles. The minimum absolute atomic E-state index is 0. The van der Waals surface area contributed by atoms with Gasteiger partial charge < -0.3 is 19.8 Å². The van der Waals surface area contributed by atoms with Crippen LogP contribution in [0.25, 0.3) is 11.0 Å². The van der Waals surface area contributed by atoms with E-state index in [0.717, 1.165) is 59.8 Å². The van der Waals surface area contributed by atoms with Gasteiger partial charge in [0.05, 0.1) is 17.6 Å². The third-order valence-electron chi connectivity index (χ3n) is 4.44. The average molecular weight is 559 g/mol. The molecule has 0 saturated heterocycles. The van der Waals surface area contributed by atoms with E-state index in [2.05, 4.69) is 80.0 Å². The predicted octanol–water partition coefficient (Wildman–Crippen LogP) is 4.31. The van der Waals surface area contributed by atoms with Crippen LogP contribution in [0.4, 0.5) is 0 Å². The number of imidazole rings is 1. The molecule has 1 aromatic carbocycles. The fraction of sp³-hybridized carbons (Fsp3) is 0.400. The molecular weight excluding hydrogens is 531 g/mol. The van der Waals surface area contributed by atoms with Crippen LogP contribution >= 0.6 is 39.9 Å². The number of H-pyrrole nitrogens is 1. The van der Waals surface area contributed by atoms with Crippen LogP contribution in [0.5, 0.6) is 0 Å². The molecule has 0 radical (unpaired) electrons. The molecule has 0 spiro atoms. The van der Waals surface area contributed by atoms with Crippen LogP contribution in [0.2, 0.25) is 0 Å². The van der Waals surface area contributed by atoms with Crippen molar-refractivity contribution in [2.45, 2.75) is 26.3 Å². The van der Waals surface area contributed by atoms with E-state index in [4.69, 9.17) is 4.99 Å². The van der Waals surface area contributed by atoms with E-state index in [0.29, 0.717) is 0 Å². The van der Waals surface area contributed by atoms with Crippen molar-refractivity contribution < 1.29 is 0 Å². The van der Waals surface area contributed by atoms with Crippen molar-refractivity contribution in [3.8, 4) is 0 Å². The summed E-state index contributed by atoms with van der Waals surface area (Å²) in [6.07, 6.45) is 3.92. The van der Waals surface area contributed by atoms with E-state index in [1.54, 1.807) is 0 Å². The first kappa shape index (κ1) is 22.7. The van der Waals surface area contributed by atoms with Gasteiger partial charge in [-0.2, -0.15) is 0 Å². The van der Waals surface area contributed by atoms with Crippen LogP contribution in [0.1, 0.15) is 24.9 Å². The van der Waals surface area contributed by atoms with Crippen LogP contribution in [-0.4, -0.2) is 45.5 Å². The Hall–Kier alpha value is -1.55. The van der Waals surface area contributed by atoms with E-state index in [9.17, 15) is 0 Å². The lowest BCUT2D eigenvalue weighted by Gasteiger charge is -2.22. The smallest absolute Gasteiger partial charge is 0.194 e. The minimum Gasteiger partial charge on any atom is -0.357 e. The van der Waals surface area contributed by atoms with Crippen molar-refractivity contribution in [2.24, 2.45) is 12.0 Å². The summed E-state index contributed by atoms with van der Waals surface area (Å²) in [5.74, 6) is 1.96. The van der Waals surface area contributed by atoms with Gasteiger partial charge >= 0.3 is 0 Å². The third-order valence-corrected chi connectivity index (χ3v) is 4.88. The normalized spacial score (nSPS) is 11.5. The molecule has 0 saturated carbocycles. The summed E-state index contributed by atoms with van der Waals surface area (Å²) in [4.78, 5) is 15.0. The molecule has 28 heavy (non-hydrogen) atoms. The number of nitrogens with zero attached hydrogens (tertiary/aromatic N) is 4. The summed E-state index contributed by atoms with van der Waals surface area (Å²) in [5, 5.41) is 3.38. The van der Waals surface area contributed by atoms with Crippen molar-refractivity contribution in [2.75, 3.05) is 20.1 Å². The number of hydrogen-bond donors (Lipinski definition) is 2. The Bertz CT molecular complexity index is 883. The van der Waals surface area contributed by atoms with E-state index < -0.39 is 0 Å². The number of aryl methyl sites for hydroxylation is 2. The summed E-state index contributed by atoms with van der Waals surface area (Å²) in [6.45, 7) is 4.51. The second-order valence-electron chi connectivity index (χ2n) is 6.66. The highest BCUT2D eigenvalue weighted by Gasteiger charge is 2.09. The van der Waals surface area contributed by atoms with E-state index >= 15 is 0 Å². The Balaban J connectivity index is 0.00000280. The van der Waals surface area contributed by atoms with Crippen molar-refractivity contribution in [3.05, 3.63) is 52.5 Å². The Kier molecular flexibility index (Phi) is 8.81. The van der Waals surface area contributed by atoms with Crippen molar-refractivity contribution in [1.82, 2.24) is 24.8 Å². The van der Waals surface area contributed by atoms with Crippen LogP contribution in [0.15, 0.2) is 46.0 Å². The quantitative estimate of drug-likeness (QED) is 0.197. The molecule has 8 heteroatoms. The molecule has 2 N–H and O–H groups in total. The van der Waals surface area contributed by atoms with Gasteiger partial charge in [-0.3, -0.25) is 4.99 Å². The molecule has 0 amide bonds. The number of aliphatic imine (C=N–C) groups is 1. The van der Waals surface area contributed by atoms with Crippen molar-refractivity contribution in [3.63, 3.8) is 0 Å². The lowest BCUT2D eigenvalue weighted by molar-refractivity contribution is 0.461. The largest absolute Gasteiger partial charge is 0.357 e. The van der Waals surface area contributed by atoms with E-state index in [-0.39, 0.29) is 24.0 Å². The summed E-state index contributed by atoms with van der Waals surface area (Å²) >= 11 is 3.53. The zero-order valence-electron chi connectivity index (χ0n) is 16.6. The number of para-hydroxylation sites is 2. The number of aromatic nitrogens is 3. The third kappa shape index (κ3) is 5.97. The molecule has 3 aromatic rings. The monoisotopic (exact) mass is 558 g/mol. The Morgan fingerprint density at radius 1 is 1.36 bits per heavy atom. The van der Waals surface area contributed by atoms with Gasteiger partial charge in [0, 0.05) is 50.0 Å². The minimum atomic E-state index is 0. The van der Waals surface area contributed by atoms with Crippen molar-refractivity contribution >= 4 is 56.9 Å². The molecule has 0 atom stereocenters. The molecule has 152 valence electrons. The summed E-state index contributed by atoms with van der Waals surface area (Å²) < 4.78 is 3.23. The second-order valence-corrected chi connectivity index (χ2v) is 7.57. The average Bonchev–Trinajstić information content (AvgIpc) is 3.19. The second kappa shape index (κ2) is 10.8. The molecule has 0 aliphatic carbocycles. The van der Waals surface area contributed by atoms with Gasteiger partial charge in [0.2, 0.25) is 0 Å². The van der Waals surface area contributed by atoms with Gasteiger partial charge in [-0.15, -0.1) is 24.0 Å². The standard InChI is InChI=1S/C20H27BrN6.HI/c1-4-22-20(27(3)14-16-12-15(21)13-26(16)2)23-11-7-10-19-24-17-8-5-6-9-18(17)25-19;/h5-6,8-9,12-13H,4,7,10-11,14H2,1-3H3,(H,22,23)(H,24,25);1H. The van der Waals surface area contributed by atoms with Gasteiger partial charge in [-0.1, -0.05) is 12.1 Å². The summed E-state index contributed by atoms with van der Waals surface area (Å²) in [5.41, 5.74) is 3.35. The molecule has 6 nitrogen and oxygen atoms in total. The highest BCUT2D eigenvalue weighted by atomic mass is 127. The molecular formula is C20H28BrIN6. The number of benzene rings is 1. The fourth-order valence-electron chi connectivity index (χ4n) is 3.07. The van der Waals surface area contributed by atoms with Gasteiger partial charge in [-0.05, 0) is 47.5 Å². The number of hydrogen-bond acceptors (Lipinski definition) is 2. The van der Waals surface area contributed by atoms with Gasteiger partial charge in [-0.25, -0.2) is 4.98 Å². The summed E-state index contributed by atoms with van der Waals surface area (Å²) in [6, 6.07) is 10.3. The van der Waals surface area contributed by atoms with Crippen LogP contribution in [-0.2, 0) is 20.0 Å². The Morgan fingerprint density at radius 2 is 2.14 bits per heavy atom. The zero-order valence-corrected chi connectivity index (χ0v) is 20.5. The molecule has 0 bridgehead atoms.